The number of nitrogens with zero attached hydrogens (tertiary/aromatic N) is 3. The highest BCUT2D eigenvalue weighted by molar-refractivity contribution is 5.91. The van der Waals surface area contributed by atoms with Gasteiger partial charge in [-0.15, -0.1) is 5.10 Å². The van der Waals surface area contributed by atoms with Crippen LogP contribution in [0.2, 0.25) is 0 Å². The minimum absolute atomic E-state index is 0.0726. The van der Waals surface area contributed by atoms with Crippen LogP contribution in [-0.2, 0) is 0 Å². The van der Waals surface area contributed by atoms with Crippen molar-refractivity contribution in [2.45, 2.75) is 20.8 Å². The third-order valence-corrected chi connectivity index (χ3v) is 2.68. The van der Waals surface area contributed by atoms with E-state index in [0.717, 1.165) is 11.3 Å². The first-order valence-corrected chi connectivity index (χ1v) is 5.09. The van der Waals surface area contributed by atoms with Crippen LogP contribution in [-0.4, -0.2) is 20.8 Å². The van der Waals surface area contributed by atoms with Gasteiger partial charge in [0.05, 0.1) is 11.9 Å². The van der Waals surface area contributed by atoms with Crippen LogP contribution in [0.3, 0.4) is 0 Å². The van der Waals surface area contributed by atoms with E-state index in [1.165, 1.54) is 12.5 Å². The Bertz CT molecular complexity index is 543. The highest BCUT2D eigenvalue weighted by Crippen LogP contribution is 2.16. The van der Waals surface area contributed by atoms with E-state index < -0.39 is 0 Å². The summed E-state index contributed by atoms with van der Waals surface area (Å²) in [6.45, 7) is 5.55. The predicted octanol–water partition coefficient (Wildman–Crippen LogP) is 2.09. The number of ketones is 1. The number of carbonyl (C=O) groups is 1. The van der Waals surface area contributed by atoms with Gasteiger partial charge in [0, 0.05) is 6.92 Å². The molecule has 0 fully saturated rings. The van der Waals surface area contributed by atoms with Gasteiger partial charge in [-0.05, 0) is 31.0 Å². The quantitative estimate of drug-likeness (QED) is 0.721. The summed E-state index contributed by atoms with van der Waals surface area (Å²) in [7, 11) is 0. The Morgan fingerprint density at radius 3 is 2.69 bits per heavy atom. The van der Waals surface area contributed by atoms with Gasteiger partial charge in [-0.2, -0.15) is 0 Å². The molecule has 0 saturated heterocycles. The molecule has 1 heterocycles. The highest BCUT2D eigenvalue weighted by Gasteiger charge is 2.08. The van der Waals surface area contributed by atoms with Gasteiger partial charge < -0.3 is 0 Å². The third kappa shape index (κ3) is 1.74. The number of hydrogen-bond acceptors (Lipinski definition) is 3. The number of rotatable bonds is 2. The van der Waals surface area contributed by atoms with E-state index in [9.17, 15) is 4.79 Å². The Labute approximate surface area is 93.9 Å². The molecule has 0 bridgehead atoms. The molecular weight excluding hydrogens is 202 g/mol. The Morgan fingerprint density at radius 1 is 1.31 bits per heavy atom. The highest BCUT2D eigenvalue weighted by atomic mass is 16.1. The molecule has 0 spiro atoms. The fourth-order valence-corrected chi connectivity index (χ4v) is 1.53. The summed E-state index contributed by atoms with van der Waals surface area (Å²) in [5, 5.41) is 7.78. The van der Waals surface area contributed by atoms with Crippen molar-refractivity contribution in [3.63, 3.8) is 0 Å². The molecule has 0 atom stereocenters. The second-order valence-electron chi connectivity index (χ2n) is 3.82. The van der Waals surface area contributed by atoms with E-state index in [0.29, 0.717) is 5.69 Å². The average Bonchev–Trinajstić information content (AvgIpc) is 2.71. The molecule has 0 amide bonds. The molecular formula is C12H13N3O. The molecule has 4 nitrogen and oxygen atoms in total. The van der Waals surface area contributed by atoms with Crippen molar-refractivity contribution in [2.24, 2.45) is 0 Å². The van der Waals surface area contributed by atoms with Crippen molar-refractivity contribution in [2.75, 3.05) is 0 Å². The number of carbonyl (C=O) groups excluding carboxylic acids is 1. The predicted molar refractivity (Wildman–Crippen MR) is 60.8 cm³/mol. The van der Waals surface area contributed by atoms with Crippen LogP contribution in [0.25, 0.3) is 5.69 Å². The molecule has 1 aromatic carbocycles. The topological polar surface area (TPSA) is 47.8 Å². The number of benzene rings is 1. The van der Waals surface area contributed by atoms with E-state index in [1.54, 1.807) is 10.9 Å². The van der Waals surface area contributed by atoms with Gasteiger partial charge in [-0.3, -0.25) is 4.79 Å². The van der Waals surface area contributed by atoms with E-state index in [-0.39, 0.29) is 5.78 Å². The second kappa shape index (κ2) is 3.89. The minimum atomic E-state index is -0.0726. The molecule has 0 N–H and O–H groups in total. The summed E-state index contributed by atoms with van der Waals surface area (Å²) in [5.74, 6) is -0.0726. The number of hydrogen-bond donors (Lipinski definition) is 0. The van der Waals surface area contributed by atoms with Crippen molar-refractivity contribution >= 4 is 5.78 Å². The number of aryl methyl sites for hydroxylation is 1. The van der Waals surface area contributed by atoms with Gasteiger partial charge >= 0.3 is 0 Å². The molecule has 0 aliphatic heterocycles. The summed E-state index contributed by atoms with van der Waals surface area (Å²) in [6, 6.07) is 5.97. The molecule has 0 aliphatic rings. The van der Waals surface area contributed by atoms with Crippen molar-refractivity contribution < 1.29 is 4.79 Å². The standard InChI is InChI=1S/C12H13N3O/c1-8-5-4-6-12(9(8)2)15-7-11(10(3)16)13-14-15/h4-7H,1-3H3. The SMILES string of the molecule is CC(=O)c1cn(-c2cccc(C)c2C)nn1. The van der Waals surface area contributed by atoms with E-state index in [4.69, 9.17) is 0 Å². The van der Waals surface area contributed by atoms with Crippen molar-refractivity contribution in [1.82, 2.24) is 15.0 Å². The lowest BCUT2D eigenvalue weighted by molar-refractivity contribution is 0.101. The lowest BCUT2D eigenvalue weighted by atomic mass is 10.1. The van der Waals surface area contributed by atoms with Crippen LogP contribution >= 0.6 is 0 Å². The average molecular weight is 215 g/mol. The normalized spacial score (nSPS) is 10.4. The first-order chi connectivity index (χ1) is 7.59. The molecule has 1 aromatic heterocycles. The van der Waals surface area contributed by atoms with Crippen LogP contribution in [0.1, 0.15) is 28.5 Å². The van der Waals surface area contributed by atoms with E-state index in [2.05, 4.69) is 10.3 Å². The maximum atomic E-state index is 11.1. The molecule has 16 heavy (non-hydrogen) atoms. The zero-order valence-corrected chi connectivity index (χ0v) is 9.56. The monoisotopic (exact) mass is 215 g/mol. The van der Waals surface area contributed by atoms with Gasteiger partial charge in [0.25, 0.3) is 0 Å². The maximum Gasteiger partial charge on any atom is 0.181 e. The largest absolute Gasteiger partial charge is 0.293 e. The van der Waals surface area contributed by atoms with E-state index in [1.807, 2.05) is 32.0 Å². The fraction of sp³-hybridized carbons (Fsp3) is 0.250. The lowest BCUT2D eigenvalue weighted by Gasteiger charge is -2.06. The molecule has 0 radical (unpaired) electrons. The Kier molecular flexibility index (Phi) is 2.56. The summed E-state index contributed by atoms with van der Waals surface area (Å²) in [6.07, 6.45) is 1.66. The molecule has 2 aromatic rings. The van der Waals surface area contributed by atoms with Gasteiger partial charge in [0.2, 0.25) is 0 Å². The van der Waals surface area contributed by atoms with Gasteiger partial charge in [-0.1, -0.05) is 17.3 Å². The van der Waals surface area contributed by atoms with Crippen molar-refractivity contribution in [3.05, 3.63) is 41.2 Å². The molecule has 0 aliphatic carbocycles. The third-order valence-electron chi connectivity index (χ3n) is 2.68. The number of Topliss-reactive ketones (excluding diaryl/α,β-unsaturated/α-hetero) is 1. The molecule has 0 saturated carbocycles. The number of aromatic nitrogens is 3. The van der Waals surface area contributed by atoms with Crippen molar-refractivity contribution in [1.29, 1.82) is 0 Å². The summed E-state index contributed by atoms with van der Waals surface area (Å²) < 4.78 is 1.64. The molecule has 0 unspecified atom stereocenters. The first kappa shape index (κ1) is 10.5. The summed E-state index contributed by atoms with van der Waals surface area (Å²) in [4.78, 5) is 11.1. The lowest BCUT2D eigenvalue weighted by Crippen LogP contribution is -1.99. The van der Waals surface area contributed by atoms with Gasteiger partial charge in [-0.25, -0.2) is 4.68 Å². The Hall–Kier alpha value is -1.97. The molecule has 82 valence electrons. The zero-order chi connectivity index (χ0) is 11.7. The van der Waals surface area contributed by atoms with Crippen LogP contribution in [0, 0.1) is 13.8 Å². The van der Waals surface area contributed by atoms with Crippen LogP contribution in [0.5, 0.6) is 0 Å². The van der Waals surface area contributed by atoms with Gasteiger partial charge in [0.1, 0.15) is 5.69 Å². The van der Waals surface area contributed by atoms with Crippen LogP contribution in [0.15, 0.2) is 24.4 Å². The van der Waals surface area contributed by atoms with Crippen molar-refractivity contribution in [3.8, 4) is 5.69 Å². The van der Waals surface area contributed by atoms with Gasteiger partial charge in [0.15, 0.2) is 5.78 Å². The van der Waals surface area contributed by atoms with Crippen LogP contribution < -0.4 is 0 Å². The minimum Gasteiger partial charge on any atom is -0.293 e. The zero-order valence-electron chi connectivity index (χ0n) is 9.56. The second-order valence-corrected chi connectivity index (χ2v) is 3.82. The van der Waals surface area contributed by atoms with E-state index >= 15 is 0 Å². The maximum absolute atomic E-state index is 11.1. The van der Waals surface area contributed by atoms with Crippen LogP contribution in [0.4, 0.5) is 0 Å². The Morgan fingerprint density at radius 2 is 2.06 bits per heavy atom. The fourth-order valence-electron chi connectivity index (χ4n) is 1.53. The summed E-state index contributed by atoms with van der Waals surface area (Å²) in [5.41, 5.74) is 3.68. The Balaban J connectivity index is 2.50. The molecule has 2 rings (SSSR count). The smallest absolute Gasteiger partial charge is 0.181 e. The first-order valence-electron chi connectivity index (χ1n) is 5.09. The summed E-state index contributed by atoms with van der Waals surface area (Å²) >= 11 is 0. The molecule has 4 heteroatoms.